The van der Waals surface area contributed by atoms with Gasteiger partial charge in [-0.15, -0.1) is 0 Å². The Hall–Kier alpha value is -1.93. The lowest BCUT2D eigenvalue weighted by Crippen LogP contribution is -2.50. The number of unbranched alkanes of at least 4 members (excludes halogenated alkanes) is 27. The van der Waals surface area contributed by atoms with Crippen molar-refractivity contribution < 1.29 is 38.2 Å². The Kier molecular flexibility index (Phi) is 38.5. The predicted molar refractivity (Wildman–Crippen MR) is 234 cm³/mol. The first-order chi connectivity index (χ1) is 27.1. The molecule has 0 aromatic carbocycles. The highest BCUT2D eigenvalue weighted by Crippen LogP contribution is 2.15. The summed E-state index contributed by atoms with van der Waals surface area (Å²) in [5.74, 6) is -1.46. The van der Waals surface area contributed by atoms with Crippen molar-refractivity contribution >= 4 is 17.9 Å². The maximum absolute atomic E-state index is 12.6. The highest BCUT2D eigenvalue weighted by Gasteiger charge is 2.31. The van der Waals surface area contributed by atoms with E-state index in [2.05, 4.69) is 26.0 Å². The van der Waals surface area contributed by atoms with E-state index in [0.29, 0.717) is 19.3 Å². The van der Waals surface area contributed by atoms with Crippen LogP contribution < -0.4 is 0 Å². The van der Waals surface area contributed by atoms with E-state index in [4.69, 9.17) is 14.2 Å². The van der Waals surface area contributed by atoms with Gasteiger partial charge in [0.25, 0.3) is 0 Å². The number of rotatable bonds is 43. The molecule has 0 heterocycles. The highest BCUT2D eigenvalue weighted by molar-refractivity contribution is 5.72. The van der Waals surface area contributed by atoms with Gasteiger partial charge in [-0.25, -0.2) is 4.79 Å². The van der Waals surface area contributed by atoms with E-state index in [1.165, 1.54) is 154 Å². The number of allylic oxidation sites excluding steroid dienone is 2. The summed E-state index contributed by atoms with van der Waals surface area (Å²) in [6.07, 6.45) is 42.7. The van der Waals surface area contributed by atoms with Gasteiger partial charge in [-0.3, -0.25) is 9.59 Å². The van der Waals surface area contributed by atoms with Crippen molar-refractivity contribution in [3.05, 3.63) is 12.2 Å². The molecule has 2 unspecified atom stereocenters. The van der Waals surface area contributed by atoms with Crippen LogP contribution in [0.4, 0.5) is 0 Å². The lowest BCUT2D eigenvalue weighted by atomic mass is 10.0. The number of ether oxygens (including phenoxy) is 3. The number of carboxylic acids is 1. The lowest BCUT2D eigenvalue weighted by molar-refractivity contribution is -0.887. The molecule has 2 atom stereocenters. The lowest BCUT2D eigenvalue weighted by Gasteiger charge is -2.31. The van der Waals surface area contributed by atoms with Gasteiger partial charge in [-0.1, -0.05) is 180 Å². The third-order valence-electron chi connectivity index (χ3n) is 10.9. The molecule has 8 heteroatoms. The summed E-state index contributed by atoms with van der Waals surface area (Å²) in [6, 6.07) is -0.610. The zero-order valence-electron chi connectivity index (χ0n) is 37.6. The molecule has 1 N–H and O–H groups in total. The second-order valence-corrected chi connectivity index (χ2v) is 17.4. The molecule has 0 aliphatic heterocycles. The van der Waals surface area contributed by atoms with Crippen LogP contribution in [0.25, 0.3) is 0 Å². The van der Waals surface area contributed by atoms with Crippen molar-refractivity contribution in [2.75, 3.05) is 41.0 Å². The summed E-state index contributed by atoms with van der Waals surface area (Å²) in [5.41, 5.74) is 0. The number of nitrogens with zero attached hydrogens (tertiary/aromatic N) is 1. The third-order valence-corrected chi connectivity index (χ3v) is 10.9. The largest absolute Gasteiger partial charge is 0.477 e. The molecule has 0 aliphatic rings. The number of hydrogen-bond donors (Lipinski definition) is 1. The standard InChI is InChI=1S/C48H91NO7/c1-6-8-10-12-14-16-17-18-19-20-21-22-23-24-25-26-27-28-29-31-32-34-36-38-46(50)55-43-44(42-54-41-40-45(48(52)53)49(3,4)5)56-47(51)39-37-35-33-30-15-13-11-9-7-2/h24-25,44-45H,6-23,26-43H2,1-5H3/p+1/b25-24+. The predicted octanol–water partition coefficient (Wildman–Crippen LogP) is 13.1. The number of aliphatic carboxylic acids is 1. The minimum absolute atomic E-state index is 0.0478. The van der Waals surface area contributed by atoms with Gasteiger partial charge in [0.2, 0.25) is 0 Å². The van der Waals surface area contributed by atoms with Crippen LogP contribution in [0, 0.1) is 0 Å². The SMILES string of the molecule is CCCCCCCCCCCCCC/C=C/CCCCCCCCCC(=O)OCC(COCCC(C(=O)O)[N+](C)(C)C)OC(=O)CCCCCCCCCCC. The second-order valence-electron chi connectivity index (χ2n) is 17.4. The molecule has 0 saturated carbocycles. The molecule has 330 valence electrons. The van der Waals surface area contributed by atoms with Crippen molar-refractivity contribution in [3.63, 3.8) is 0 Å². The Morgan fingerprint density at radius 1 is 0.518 bits per heavy atom. The van der Waals surface area contributed by atoms with Crippen molar-refractivity contribution in [1.82, 2.24) is 0 Å². The van der Waals surface area contributed by atoms with Gasteiger partial charge in [0, 0.05) is 19.3 Å². The van der Waals surface area contributed by atoms with Crippen molar-refractivity contribution in [2.45, 2.75) is 238 Å². The maximum atomic E-state index is 12.6. The third kappa shape index (κ3) is 37.6. The van der Waals surface area contributed by atoms with E-state index in [1.807, 2.05) is 21.1 Å². The van der Waals surface area contributed by atoms with Crippen LogP contribution in [0.2, 0.25) is 0 Å². The molecule has 0 spiro atoms. The monoisotopic (exact) mass is 795 g/mol. The number of carboxylic acid groups (broad SMARTS) is 1. The fourth-order valence-electron chi connectivity index (χ4n) is 7.21. The van der Waals surface area contributed by atoms with Gasteiger partial charge in [0.15, 0.2) is 12.1 Å². The first kappa shape index (κ1) is 54.1. The molecule has 0 amide bonds. The summed E-state index contributed by atoms with van der Waals surface area (Å²) in [6.45, 7) is 4.74. The molecular weight excluding hydrogens is 703 g/mol. The number of carbonyl (C=O) groups excluding carboxylic acids is 2. The van der Waals surface area contributed by atoms with Crippen molar-refractivity contribution in [2.24, 2.45) is 0 Å². The molecule has 56 heavy (non-hydrogen) atoms. The number of hydrogen-bond acceptors (Lipinski definition) is 6. The Balaban J connectivity index is 4.12. The number of likely N-dealkylation sites (N-methyl/N-ethyl adjacent to an activating group) is 1. The molecule has 0 aromatic heterocycles. The molecule has 0 fully saturated rings. The Labute approximate surface area is 346 Å². The Morgan fingerprint density at radius 2 is 0.893 bits per heavy atom. The highest BCUT2D eigenvalue weighted by atomic mass is 16.6. The van der Waals surface area contributed by atoms with Crippen molar-refractivity contribution in [3.8, 4) is 0 Å². The topological polar surface area (TPSA) is 99.1 Å². The zero-order chi connectivity index (χ0) is 41.4. The van der Waals surface area contributed by atoms with Crippen LogP contribution in [0.5, 0.6) is 0 Å². The number of carbonyl (C=O) groups is 3. The van der Waals surface area contributed by atoms with Gasteiger partial charge in [-0.2, -0.15) is 0 Å². The van der Waals surface area contributed by atoms with E-state index >= 15 is 0 Å². The molecule has 0 bridgehead atoms. The average Bonchev–Trinajstić information content (AvgIpc) is 3.15. The first-order valence-corrected chi connectivity index (χ1v) is 23.7. The zero-order valence-corrected chi connectivity index (χ0v) is 37.6. The Bertz CT molecular complexity index is 931. The van der Waals surface area contributed by atoms with E-state index in [0.717, 1.165) is 38.5 Å². The van der Waals surface area contributed by atoms with Crippen LogP contribution in [-0.4, -0.2) is 80.6 Å². The molecular formula is C48H92NO7+. The summed E-state index contributed by atoms with van der Waals surface area (Å²) in [4.78, 5) is 36.9. The fraction of sp³-hybridized carbons (Fsp3) is 0.896. The van der Waals surface area contributed by atoms with Gasteiger partial charge in [-0.05, 0) is 38.5 Å². The first-order valence-electron chi connectivity index (χ1n) is 23.7. The van der Waals surface area contributed by atoms with E-state index in [9.17, 15) is 19.5 Å². The van der Waals surface area contributed by atoms with Crippen LogP contribution in [0.1, 0.15) is 226 Å². The molecule has 0 radical (unpaired) electrons. The second kappa shape index (κ2) is 39.9. The quantitative estimate of drug-likeness (QED) is 0.0284. The van der Waals surface area contributed by atoms with Gasteiger partial charge in [0.1, 0.15) is 6.61 Å². The molecule has 0 saturated heterocycles. The molecule has 0 rings (SSSR count). The van der Waals surface area contributed by atoms with Crippen molar-refractivity contribution in [1.29, 1.82) is 0 Å². The van der Waals surface area contributed by atoms with Crippen LogP contribution in [0.3, 0.4) is 0 Å². The average molecular weight is 795 g/mol. The summed E-state index contributed by atoms with van der Waals surface area (Å²) in [7, 11) is 5.53. The molecule has 0 aromatic rings. The minimum atomic E-state index is -0.873. The van der Waals surface area contributed by atoms with Crippen LogP contribution in [0.15, 0.2) is 12.2 Å². The van der Waals surface area contributed by atoms with E-state index in [1.54, 1.807) is 0 Å². The van der Waals surface area contributed by atoms with Crippen LogP contribution >= 0.6 is 0 Å². The molecule has 8 nitrogen and oxygen atoms in total. The molecule has 0 aliphatic carbocycles. The number of quaternary nitrogens is 1. The summed E-state index contributed by atoms with van der Waals surface area (Å²) < 4.78 is 17.3. The van der Waals surface area contributed by atoms with E-state index < -0.39 is 18.1 Å². The minimum Gasteiger partial charge on any atom is -0.477 e. The van der Waals surface area contributed by atoms with Gasteiger partial charge >= 0.3 is 17.9 Å². The summed E-state index contributed by atoms with van der Waals surface area (Å²) in [5, 5.41) is 9.61. The van der Waals surface area contributed by atoms with Gasteiger partial charge in [0.05, 0.1) is 34.4 Å². The fourth-order valence-corrected chi connectivity index (χ4v) is 7.21. The number of esters is 2. The normalized spacial score (nSPS) is 12.9. The smallest absolute Gasteiger partial charge is 0.362 e. The van der Waals surface area contributed by atoms with Crippen LogP contribution in [-0.2, 0) is 28.6 Å². The maximum Gasteiger partial charge on any atom is 0.362 e. The Morgan fingerprint density at radius 3 is 1.29 bits per heavy atom. The summed E-state index contributed by atoms with van der Waals surface area (Å²) >= 11 is 0. The van der Waals surface area contributed by atoms with Gasteiger partial charge < -0.3 is 23.8 Å². The van der Waals surface area contributed by atoms with E-state index in [-0.39, 0.29) is 36.2 Å².